The van der Waals surface area contributed by atoms with Gasteiger partial charge in [0.2, 0.25) is 11.8 Å². The molecule has 0 aliphatic heterocycles. The maximum Gasteiger partial charge on any atom is 0.250 e. The molecule has 0 aromatic carbocycles. The predicted octanol–water partition coefficient (Wildman–Crippen LogP) is -0.356. The number of carbonyl (C=O) groups excluding carboxylic acids is 2. The fourth-order valence-corrected chi connectivity index (χ4v) is 0.968. The molecule has 0 rings (SSSR count). The van der Waals surface area contributed by atoms with E-state index in [1.807, 2.05) is 0 Å². The summed E-state index contributed by atoms with van der Waals surface area (Å²) in [5.74, 6) is -0.817. The third kappa shape index (κ3) is 4.29. The predicted molar refractivity (Wildman–Crippen MR) is 57.1 cm³/mol. The van der Waals surface area contributed by atoms with Crippen molar-refractivity contribution in [3.05, 3.63) is 0 Å². The second-order valence-corrected chi connectivity index (χ2v) is 4.61. The van der Waals surface area contributed by atoms with Gasteiger partial charge in [-0.3, -0.25) is 9.59 Å². The molecular weight excluding hydrogens is 196 g/mol. The first-order valence-corrected chi connectivity index (χ1v) is 4.90. The van der Waals surface area contributed by atoms with E-state index in [2.05, 4.69) is 10.6 Å². The Kier molecular flexibility index (Phi) is 4.74. The number of hydrogen-bond acceptors (Lipinski definition) is 3. The maximum atomic E-state index is 11.5. The second-order valence-electron chi connectivity index (χ2n) is 4.61. The highest BCUT2D eigenvalue weighted by atomic mass is 16.3. The van der Waals surface area contributed by atoms with Gasteiger partial charge in [-0.15, -0.1) is 0 Å². The van der Waals surface area contributed by atoms with Crippen molar-refractivity contribution in [3.63, 3.8) is 0 Å². The third-order valence-corrected chi connectivity index (χ3v) is 2.07. The fraction of sp³-hybridized carbons (Fsp3) is 0.800. The summed E-state index contributed by atoms with van der Waals surface area (Å²) < 4.78 is 0. The van der Waals surface area contributed by atoms with Crippen molar-refractivity contribution in [2.24, 2.45) is 5.41 Å². The van der Waals surface area contributed by atoms with E-state index in [1.165, 1.54) is 7.05 Å². The van der Waals surface area contributed by atoms with Crippen LogP contribution in [0.15, 0.2) is 0 Å². The zero-order chi connectivity index (χ0) is 12.2. The van der Waals surface area contributed by atoms with Gasteiger partial charge in [-0.1, -0.05) is 20.8 Å². The van der Waals surface area contributed by atoms with Gasteiger partial charge in [0.05, 0.1) is 0 Å². The Labute approximate surface area is 90.2 Å². The van der Waals surface area contributed by atoms with E-state index in [0.717, 1.165) is 0 Å². The quantitative estimate of drug-likeness (QED) is 0.603. The minimum absolute atomic E-state index is 0.288. The molecule has 2 atom stereocenters. The Morgan fingerprint density at radius 1 is 1.20 bits per heavy atom. The zero-order valence-corrected chi connectivity index (χ0v) is 9.92. The van der Waals surface area contributed by atoms with E-state index < -0.39 is 23.5 Å². The molecule has 0 aliphatic carbocycles. The van der Waals surface area contributed by atoms with Crippen LogP contribution >= 0.6 is 0 Å². The van der Waals surface area contributed by atoms with Crippen LogP contribution in [0.3, 0.4) is 0 Å². The molecule has 15 heavy (non-hydrogen) atoms. The third-order valence-electron chi connectivity index (χ3n) is 2.07. The summed E-state index contributed by atoms with van der Waals surface area (Å²) in [5.41, 5.74) is -0.535. The van der Waals surface area contributed by atoms with Crippen molar-refractivity contribution in [1.29, 1.82) is 0 Å². The van der Waals surface area contributed by atoms with Crippen molar-refractivity contribution in [1.82, 2.24) is 10.6 Å². The summed E-state index contributed by atoms with van der Waals surface area (Å²) in [6.45, 7) is 6.82. The molecule has 5 heteroatoms. The smallest absolute Gasteiger partial charge is 0.250 e. The lowest BCUT2D eigenvalue weighted by molar-refractivity contribution is -0.137. The topological polar surface area (TPSA) is 78.4 Å². The highest BCUT2D eigenvalue weighted by Gasteiger charge is 2.30. The average molecular weight is 216 g/mol. The molecule has 0 saturated carbocycles. The molecule has 0 saturated heterocycles. The normalized spacial score (nSPS) is 15.3. The molecular formula is C10H20N2O3. The van der Waals surface area contributed by atoms with Crippen LogP contribution in [0.5, 0.6) is 0 Å². The molecule has 0 fully saturated rings. The van der Waals surface area contributed by atoms with Crippen molar-refractivity contribution >= 4 is 11.8 Å². The van der Waals surface area contributed by atoms with Gasteiger partial charge >= 0.3 is 0 Å². The van der Waals surface area contributed by atoms with Crippen LogP contribution in [0.1, 0.15) is 27.7 Å². The SMILES string of the molecule is CNC(=O)C(C)NC(=O)C(O)C(C)(C)C. The lowest BCUT2D eigenvalue weighted by Crippen LogP contribution is -2.50. The van der Waals surface area contributed by atoms with E-state index in [-0.39, 0.29) is 5.91 Å². The Bertz CT molecular complexity index is 246. The second kappa shape index (κ2) is 5.11. The number of hydrogen-bond donors (Lipinski definition) is 3. The van der Waals surface area contributed by atoms with Crippen LogP contribution in [0.4, 0.5) is 0 Å². The van der Waals surface area contributed by atoms with Gasteiger partial charge in [0, 0.05) is 7.05 Å². The van der Waals surface area contributed by atoms with Crippen molar-refractivity contribution < 1.29 is 14.7 Å². The van der Waals surface area contributed by atoms with Crippen LogP contribution < -0.4 is 10.6 Å². The van der Waals surface area contributed by atoms with Crippen LogP contribution in [0.2, 0.25) is 0 Å². The molecule has 0 aliphatic rings. The monoisotopic (exact) mass is 216 g/mol. The maximum absolute atomic E-state index is 11.5. The first-order chi connectivity index (χ1) is 6.70. The molecule has 2 amide bonds. The molecule has 88 valence electrons. The first-order valence-electron chi connectivity index (χ1n) is 4.90. The molecule has 0 radical (unpaired) electrons. The number of carbonyl (C=O) groups is 2. The Morgan fingerprint density at radius 2 is 1.67 bits per heavy atom. The highest BCUT2D eigenvalue weighted by molar-refractivity contribution is 5.89. The number of amides is 2. The molecule has 2 unspecified atom stereocenters. The average Bonchev–Trinajstić information content (AvgIpc) is 2.13. The van der Waals surface area contributed by atoms with E-state index >= 15 is 0 Å². The molecule has 5 nitrogen and oxygen atoms in total. The van der Waals surface area contributed by atoms with Gasteiger partial charge in [0.1, 0.15) is 12.1 Å². The van der Waals surface area contributed by atoms with Gasteiger partial charge < -0.3 is 15.7 Å². The van der Waals surface area contributed by atoms with E-state index in [0.29, 0.717) is 0 Å². The summed E-state index contributed by atoms with van der Waals surface area (Å²) >= 11 is 0. The minimum Gasteiger partial charge on any atom is -0.383 e. The van der Waals surface area contributed by atoms with Gasteiger partial charge in [-0.2, -0.15) is 0 Å². The fourth-order valence-electron chi connectivity index (χ4n) is 0.968. The highest BCUT2D eigenvalue weighted by Crippen LogP contribution is 2.18. The van der Waals surface area contributed by atoms with E-state index in [4.69, 9.17) is 0 Å². The summed E-state index contributed by atoms with van der Waals surface area (Å²) in [6.07, 6.45) is -1.12. The Hall–Kier alpha value is -1.10. The van der Waals surface area contributed by atoms with Crippen molar-refractivity contribution in [2.45, 2.75) is 39.8 Å². The van der Waals surface area contributed by atoms with E-state index in [9.17, 15) is 14.7 Å². The summed E-state index contributed by atoms with van der Waals surface area (Å²) in [4.78, 5) is 22.6. The summed E-state index contributed by atoms with van der Waals surface area (Å²) in [5, 5.41) is 14.5. The van der Waals surface area contributed by atoms with Crippen LogP contribution in [0.25, 0.3) is 0 Å². The number of nitrogens with one attached hydrogen (secondary N) is 2. The number of rotatable bonds is 3. The largest absolute Gasteiger partial charge is 0.383 e. The lowest BCUT2D eigenvalue weighted by atomic mass is 9.88. The summed E-state index contributed by atoms with van der Waals surface area (Å²) in [7, 11) is 1.49. The van der Waals surface area contributed by atoms with E-state index in [1.54, 1.807) is 27.7 Å². The van der Waals surface area contributed by atoms with Crippen LogP contribution in [-0.2, 0) is 9.59 Å². The standard InChI is InChI=1S/C10H20N2O3/c1-6(8(14)11-5)12-9(15)7(13)10(2,3)4/h6-7,13H,1-5H3,(H,11,14)(H,12,15). The van der Waals surface area contributed by atoms with Gasteiger partial charge in [-0.05, 0) is 12.3 Å². The van der Waals surface area contributed by atoms with Crippen molar-refractivity contribution in [3.8, 4) is 0 Å². The summed E-state index contributed by atoms with van der Waals surface area (Å²) in [6, 6.07) is -0.639. The molecule has 0 aromatic rings. The van der Waals surface area contributed by atoms with Crippen molar-refractivity contribution in [2.75, 3.05) is 7.05 Å². The first kappa shape index (κ1) is 13.9. The molecule has 0 spiro atoms. The Morgan fingerprint density at radius 3 is 2.00 bits per heavy atom. The van der Waals surface area contributed by atoms with Crippen LogP contribution in [-0.4, -0.2) is 36.1 Å². The molecule has 3 N–H and O–H groups in total. The van der Waals surface area contributed by atoms with Gasteiger partial charge in [-0.25, -0.2) is 0 Å². The number of likely N-dealkylation sites (N-methyl/N-ethyl adjacent to an activating group) is 1. The number of aliphatic hydroxyl groups excluding tert-OH is 1. The molecule has 0 heterocycles. The lowest BCUT2D eigenvalue weighted by Gasteiger charge is -2.25. The van der Waals surface area contributed by atoms with Gasteiger partial charge in [0.15, 0.2) is 0 Å². The minimum atomic E-state index is -1.12. The number of aliphatic hydroxyl groups is 1. The van der Waals surface area contributed by atoms with Crippen LogP contribution in [0, 0.1) is 5.41 Å². The molecule has 0 aromatic heterocycles. The van der Waals surface area contributed by atoms with Gasteiger partial charge in [0.25, 0.3) is 0 Å². The Balaban J connectivity index is 4.32. The molecule has 0 bridgehead atoms. The zero-order valence-electron chi connectivity index (χ0n) is 9.92.